The summed E-state index contributed by atoms with van der Waals surface area (Å²) in [6.07, 6.45) is 1.41. The van der Waals surface area contributed by atoms with Crippen LogP contribution in [0.3, 0.4) is 0 Å². The van der Waals surface area contributed by atoms with E-state index in [1.54, 1.807) is 0 Å². The zero-order valence-corrected chi connectivity index (χ0v) is 9.21. The Bertz CT molecular complexity index is 564. The number of carbonyl (C=O) groups is 1. The van der Waals surface area contributed by atoms with Crippen LogP contribution in [0.4, 0.5) is 0 Å². The number of carbonyl (C=O) groups excluding carboxylic acids is 1. The molecule has 0 unspecified atom stereocenters. The second-order valence-electron chi connectivity index (χ2n) is 3.66. The highest BCUT2D eigenvalue weighted by atomic mass is 16.3. The summed E-state index contributed by atoms with van der Waals surface area (Å²) in [6, 6.07) is 7.58. The first-order valence-corrected chi connectivity index (χ1v) is 5.01. The molecule has 1 amide bonds. The molecule has 1 heterocycles. The average Bonchev–Trinajstić information content (AvgIpc) is 2.29. The number of aromatic nitrogens is 2. The molecule has 1 aromatic heterocycles. The summed E-state index contributed by atoms with van der Waals surface area (Å²) in [5.41, 5.74) is 7.23. The van der Waals surface area contributed by atoms with Crippen LogP contribution in [0.15, 0.2) is 30.5 Å². The number of aromatic hydroxyl groups is 1. The molecule has 0 saturated heterocycles. The molecule has 0 bridgehead atoms. The van der Waals surface area contributed by atoms with Crippen LogP contribution in [0, 0.1) is 6.92 Å². The van der Waals surface area contributed by atoms with Crippen LogP contribution in [0.1, 0.15) is 16.1 Å². The standard InChI is InChI=1S/C12H11N3O2/c1-7-2-4-8(5-3-7)9-6-14-10(11(13)16)12(17)15-9/h2-6H,1H3,(H2,13,16)(H,15,17). The van der Waals surface area contributed by atoms with Crippen molar-refractivity contribution in [2.45, 2.75) is 6.92 Å². The van der Waals surface area contributed by atoms with Crippen molar-refractivity contribution in [3.8, 4) is 17.1 Å². The SMILES string of the molecule is Cc1ccc(-c2cnc(C(N)=O)c(O)n2)cc1. The topological polar surface area (TPSA) is 89.1 Å². The molecule has 0 fully saturated rings. The predicted octanol–water partition coefficient (Wildman–Crippen LogP) is 1.26. The molecule has 1 aromatic carbocycles. The zero-order valence-electron chi connectivity index (χ0n) is 9.21. The molecule has 2 rings (SSSR count). The van der Waals surface area contributed by atoms with Crippen molar-refractivity contribution in [1.29, 1.82) is 0 Å². The fraction of sp³-hybridized carbons (Fsp3) is 0.0833. The molecule has 17 heavy (non-hydrogen) atoms. The lowest BCUT2D eigenvalue weighted by Crippen LogP contribution is -2.13. The van der Waals surface area contributed by atoms with Gasteiger partial charge < -0.3 is 10.8 Å². The van der Waals surface area contributed by atoms with Crippen LogP contribution < -0.4 is 5.73 Å². The number of hydrogen-bond donors (Lipinski definition) is 2. The highest BCUT2D eigenvalue weighted by Gasteiger charge is 2.12. The second kappa shape index (κ2) is 4.21. The normalized spacial score (nSPS) is 10.2. The van der Waals surface area contributed by atoms with Gasteiger partial charge in [0.15, 0.2) is 5.69 Å². The third-order valence-corrected chi connectivity index (χ3v) is 2.33. The lowest BCUT2D eigenvalue weighted by molar-refractivity contribution is 0.0992. The fourth-order valence-electron chi connectivity index (χ4n) is 1.42. The molecule has 86 valence electrons. The minimum Gasteiger partial charge on any atom is -0.492 e. The van der Waals surface area contributed by atoms with E-state index in [-0.39, 0.29) is 5.69 Å². The first kappa shape index (κ1) is 11.1. The van der Waals surface area contributed by atoms with Crippen LogP contribution in [0.5, 0.6) is 5.88 Å². The highest BCUT2D eigenvalue weighted by Crippen LogP contribution is 2.20. The number of rotatable bonds is 2. The first-order chi connectivity index (χ1) is 8.08. The Morgan fingerprint density at radius 2 is 1.94 bits per heavy atom. The Morgan fingerprint density at radius 1 is 1.29 bits per heavy atom. The van der Waals surface area contributed by atoms with Gasteiger partial charge in [0, 0.05) is 5.56 Å². The predicted molar refractivity (Wildman–Crippen MR) is 62.4 cm³/mol. The van der Waals surface area contributed by atoms with E-state index in [0.29, 0.717) is 5.69 Å². The van der Waals surface area contributed by atoms with Crippen molar-refractivity contribution in [2.24, 2.45) is 5.73 Å². The van der Waals surface area contributed by atoms with Crippen LogP contribution in [-0.2, 0) is 0 Å². The van der Waals surface area contributed by atoms with Crippen LogP contribution in [-0.4, -0.2) is 21.0 Å². The monoisotopic (exact) mass is 229 g/mol. The average molecular weight is 229 g/mol. The third kappa shape index (κ3) is 2.23. The molecule has 0 spiro atoms. The molecule has 0 atom stereocenters. The van der Waals surface area contributed by atoms with Gasteiger partial charge in [0.05, 0.1) is 11.9 Å². The Kier molecular flexibility index (Phi) is 2.74. The summed E-state index contributed by atoms with van der Waals surface area (Å²) < 4.78 is 0. The van der Waals surface area contributed by atoms with Gasteiger partial charge in [-0.2, -0.15) is 0 Å². The van der Waals surface area contributed by atoms with Crippen molar-refractivity contribution >= 4 is 5.91 Å². The Hall–Kier alpha value is -2.43. The summed E-state index contributed by atoms with van der Waals surface area (Å²) in [5.74, 6) is -1.25. The summed E-state index contributed by atoms with van der Waals surface area (Å²) in [7, 11) is 0. The third-order valence-electron chi connectivity index (χ3n) is 2.33. The molecule has 5 heteroatoms. The maximum Gasteiger partial charge on any atom is 0.272 e. The number of nitrogens with zero attached hydrogens (tertiary/aromatic N) is 2. The van der Waals surface area contributed by atoms with Crippen molar-refractivity contribution in [2.75, 3.05) is 0 Å². The molecule has 0 aliphatic carbocycles. The number of hydrogen-bond acceptors (Lipinski definition) is 4. The minimum absolute atomic E-state index is 0.221. The number of nitrogens with two attached hydrogens (primary N) is 1. The largest absolute Gasteiger partial charge is 0.492 e. The number of amides is 1. The first-order valence-electron chi connectivity index (χ1n) is 5.01. The van der Waals surface area contributed by atoms with E-state index in [1.165, 1.54) is 6.20 Å². The number of aryl methyl sites for hydroxylation is 1. The van der Waals surface area contributed by atoms with E-state index < -0.39 is 11.8 Å². The van der Waals surface area contributed by atoms with E-state index in [2.05, 4.69) is 9.97 Å². The molecular weight excluding hydrogens is 218 g/mol. The van der Waals surface area contributed by atoms with Gasteiger partial charge in [-0.3, -0.25) is 4.79 Å². The second-order valence-corrected chi connectivity index (χ2v) is 3.66. The molecule has 0 aliphatic rings. The van der Waals surface area contributed by atoms with Crippen molar-refractivity contribution in [1.82, 2.24) is 9.97 Å². The van der Waals surface area contributed by atoms with E-state index in [9.17, 15) is 9.90 Å². The quantitative estimate of drug-likeness (QED) is 0.811. The van der Waals surface area contributed by atoms with Gasteiger partial charge in [0.1, 0.15) is 0 Å². The molecular formula is C12H11N3O2. The van der Waals surface area contributed by atoms with Crippen LogP contribution >= 0.6 is 0 Å². The van der Waals surface area contributed by atoms with Gasteiger partial charge in [-0.25, -0.2) is 9.97 Å². The Balaban J connectivity index is 2.44. The molecule has 5 nitrogen and oxygen atoms in total. The van der Waals surface area contributed by atoms with E-state index >= 15 is 0 Å². The van der Waals surface area contributed by atoms with Crippen LogP contribution in [0.2, 0.25) is 0 Å². The van der Waals surface area contributed by atoms with Gasteiger partial charge in [-0.05, 0) is 6.92 Å². The van der Waals surface area contributed by atoms with Gasteiger partial charge in [0.2, 0.25) is 5.88 Å². The van der Waals surface area contributed by atoms with Gasteiger partial charge in [-0.1, -0.05) is 29.8 Å². The summed E-state index contributed by atoms with van der Waals surface area (Å²) in [6.45, 7) is 1.98. The lowest BCUT2D eigenvalue weighted by Gasteiger charge is -2.03. The summed E-state index contributed by atoms with van der Waals surface area (Å²) >= 11 is 0. The minimum atomic E-state index is -0.801. The van der Waals surface area contributed by atoms with E-state index in [4.69, 9.17) is 5.73 Å². The van der Waals surface area contributed by atoms with E-state index in [0.717, 1.165) is 11.1 Å². The fourth-order valence-corrected chi connectivity index (χ4v) is 1.42. The summed E-state index contributed by atoms with van der Waals surface area (Å²) in [4.78, 5) is 18.5. The van der Waals surface area contributed by atoms with Crippen molar-refractivity contribution < 1.29 is 9.90 Å². The highest BCUT2D eigenvalue weighted by molar-refractivity contribution is 5.93. The molecule has 2 aromatic rings. The van der Waals surface area contributed by atoms with Crippen molar-refractivity contribution in [3.05, 3.63) is 41.7 Å². The van der Waals surface area contributed by atoms with Gasteiger partial charge in [0.25, 0.3) is 5.91 Å². The Morgan fingerprint density at radius 3 is 2.47 bits per heavy atom. The smallest absolute Gasteiger partial charge is 0.272 e. The Labute approximate surface area is 98.0 Å². The molecule has 0 saturated carbocycles. The number of primary amides is 1. The van der Waals surface area contributed by atoms with Gasteiger partial charge in [-0.15, -0.1) is 0 Å². The number of benzene rings is 1. The van der Waals surface area contributed by atoms with Gasteiger partial charge >= 0.3 is 0 Å². The zero-order chi connectivity index (χ0) is 12.4. The summed E-state index contributed by atoms with van der Waals surface area (Å²) in [5, 5.41) is 9.50. The molecule has 3 N–H and O–H groups in total. The van der Waals surface area contributed by atoms with E-state index in [1.807, 2.05) is 31.2 Å². The van der Waals surface area contributed by atoms with Crippen molar-refractivity contribution in [3.63, 3.8) is 0 Å². The maximum absolute atomic E-state index is 10.9. The lowest BCUT2D eigenvalue weighted by atomic mass is 10.1. The molecule has 0 aliphatic heterocycles. The van der Waals surface area contributed by atoms with Crippen LogP contribution in [0.25, 0.3) is 11.3 Å². The maximum atomic E-state index is 10.9. The molecule has 0 radical (unpaired) electrons.